The molecule has 1 heterocycles. The predicted molar refractivity (Wildman–Crippen MR) is 107 cm³/mol. The van der Waals surface area contributed by atoms with Crippen molar-refractivity contribution in [1.29, 1.82) is 0 Å². The van der Waals surface area contributed by atoms with Crippen LogP contribution in [0.2, 0.25) is 0 Å². The highest BCUT2D eigenvalue weighted by molar-refractivity contribution is 5.79. The quantitative estimate of drug-likeness (QED) is 0.572. The largest absolute Gasteiger partial charge is 0.493 e. The third-order valence-corrected chi connectivity index (χ3v) is 3.78. The number of fused-ring (bicyclic) bond motifs is 1. The van der Waals surface area contributed by atoms with Gasteiger partial charge in [-0.15, -0.1) is 0 Å². The van der Waals surface area contributed by atoms with Gasteiger partial charge in [0.25, 0.3) is 0 Å². The molecule has 0 fully saturated rings. The normalized spacial score (nSPS) is 11.2. The first-order chi connectivity index (χ1) is 13.8. The van der Waals surface area contributed by atoms with Gasteiger partial charge in [0, 0.05) is 6.07 Å². The van der Waals surface area contributed by atoms with E-state index < -0.39 is 11.6 Å². The molecule has 7 heteroatoms. The zero-order valence-electron chi connectivity index (χ0n) is 16.7. The fourth-order valence-electron chi connectivity index (χ4n) is 2.59. The molecule has 0 saturated carbocycles. The van der Waals surface area contributed by atoms with Gasteiger partial charge >= 0.3 is 5.97 Å². The third-order valence-electron chi connectivity index (χ3n) is 3.78. The number of esters is 1. The van der Waals surface area contributed by atoms with Crippen LogP contribution in [0.25, 0.3) is 11.0 Å². The Balaban J connectivity index is 1.79. The summed E-state index contributed by atoms with van der Waals surface area (Å²) >= 11 is 0. The molecule has 2 aromatic carbocycles. The zero-order chi connectivity index (χ0) is 21.0. The van der Waals surface area contributed by atoms with Crippen LogP contribution in [0.5, 0.6) is 23.0 Å². The van der Waals surface area contributed by atoms with Crippen LogP contribution in [-0.4, -0.2) is 25.3 Å². The Morgan fingerprint density at radius 2 is 1.76 bits per heavy atom. The SMILES string of the molecule is COc1ccccc1Oc1coc2cc(OCC(=O)OC(C)(C)C)ccc2c1=O. The molecule has 1 aromatic heterocycles. The third kappa shape index (κ3) is 5.07. The lowest BCUT2D eigenvalue weighted by Gasteiger charge is -2.19. The van der Waals surface area contributed by atoms with Gasteiger partial charge < -0.3 is 23.4 Å². The van der Waals surface area contributed by atoms with Crippen molar-refractivity contribution in [3.8, 4) is 23.0 Å². The summed E-state index contributed by atoms with van der Waals surface area (Å²) in [5.74, 6) is 0.825. The topological polar surface area (TPSA) is 84.2 Å². The second kappa shape index (κ2) is 8.26. The van der Waals surface area contributed by atoms with Crippen molar-refractivity contribution in [3.05, 3.63) is 59.0 Å². The van der Waals surface area contributed by atoms with Gasteiger partial charge in [-0.25, -0.2) is 4.79 Å². The molecule has 3 rings (SSSR count). The van der Waals surface area contributed by atoms with E-state index in [1.807, 2.05) is 0 Å². The molecule has 0 bridgehead atoms. The highest BCUT2D eigenvalue weighted by atomic mass is 16.6. The van der Waals surface area contributed by atoms with Gasteiger partial charge in [-0.2, -0.15) is 0 Å². The molecule has 0 spiro atoms. The Hall–Kier alpha value is -3.48. The van der Waals surface area contributed by atoms with Gasteiger partial charge in [-0.05, 0) is 45.0 Å². The van der Waals surface area contributed by atoms with Crippen LogP contribution < -0.4 is 19.6 Å². The number of carbonyl (C=O) groups excluding carboxylic acids is 1. The van der Waals surface area contributed by atoms with Crippen molar-refractivity contribution in [1.82, 2.24) is 0 Å². The van der Waals surface area contributed by atoms with Gasteiger partial charge in [0.1, 0.15) is 23.2 Å². The number of hydrogen-bond acceptors (Lipinski definition) is 7. The van der Waals surface area contributed by atoms with Crippen LogP contribution in [0.15, 0.2) is 57.9 Å². The lowest BCUT2D eigenvalue weighted by molar-refractivity contribution is -0.157. The second-order valence-corrected chi connectivity index (χ2v) is 7.22. The summed E-state index contributed by atoms with van der Waals surface area (Å²) in [5, 5.41) is 0.321. The van der Waals surface area contributed by atoms with Crippen molar-refractivity contribution in [2.75, 3.05) is 13.7 Å². The minimum atomic E-state index is -0.589. The average molecular weight is 398 g/mol. The summed E-state index contributed by atoms with van der Waals surface area (Å²) in [6, 6.07) is 11.7. The van der Waals surface area contributed by atoms with Crippen LogP contribution in [-0.2, 0) is 9.53 Å². The molecule has 0 radical (unpaired) electrons. The van der Waals surface area contributed by atoms with E-state index in [1.165, 1.54) is 19.4 Å². The summed E-state index contributed by atoms with van der Waals surface area (Å²) in [7, 11) is 1.52. The summed E-state index contributed by atoms with van der Waals surface area (Å²) in [6.07, 6.45) is 1.23. The number of methoxy groups -OCH3 is 1. The smallest absolute Gasteiger partial charge is 0.344 e. The Morgan fingerprint density at radius 1 is 1.03 bits per heavy atom. The zero-order valence-corrected chi connectivity index (χ0v) is 16.7. The van der Waals surface area contributed by atoms with Crippen molar-refractivity contribution >= 4 is 16.9 Å². The minimum absolute atomic E-state index is 0.0319. The number of rotatable bonds is 6. The van der Waals surface area contributed by atoms with Gasteiger partial charge in [0.2, 0.25) is 11.2 Å². The van der Waals surface area contributed by atoms with Crippen molar-refractivity contribution in [2.45, 2.75) is 26.4 Å². The molecule has 0 aliphatic rings. The molecule has 0 saturated heterocycles. The maximum Gasteiger partial charge on any atom is 0.344 e. The molecule has 0 unspecified atom stereocenters. The molecule has 7 nitrogen and oxygen atoms in total. The highest BCUT2D eigenvalue weighted by Gasteiger charge is 2.17. The van der Waals surface area contributed by atoms with E-state index in [2.05, 4.69) is 0 Å². The average Bonchev–Trinajstić information content (AvgIpc) is 2.67. The number of benzene rings is 2. The maximum absolute atomic E-state index is 12.7. The van der Waals surface area contributed by atoms with Crippen molar-refractivity contribution in [2.24, 2.45) is 0 Å². The van der Waals surface area contributed by atoms with Crippen LogP contribution in [0.3, 0.4) is 0 Å². The van der Waals surface area contributed by atoms with E-state index in [9.17, 15) is 9.59 Å². The first-order valence-corrected chi connectivity index (χ1v) is 8.98. The molecular formula is C22H22O7. The molecule has 0 amide bonds. The van der Waals surface area contributed by atoms with Crippen LogP contribution in [0.1, 0.15) is 20.8 Å². The minimum Gasteiger partial charge on any atom is -0.493 e. The summed E-state index contributed by atoms with van der Waals surface area (Å²) < 4.78 is 27.1. The summed E-state index contributed by atoms with van der Waals surface area (Å²) in [4.78, 5) is 24.5. The Kier molecular flexibility index (Phi) is 5.77. The predicted octanol–water partition coefficient (Wildman–Crippen LogP) is 4.31. The van der Waals surface area contributed by atoms with E-state index in [0.29, 0.717) is 28.2 Å². The van der Waals surface area contributed by atoms with Crippen LogP contribution in [0.4, 0.5) is 0 Å². The van der Waals surface area contributed by atoms with Crippen molar-refractivity contribution < 1.29 is 28.2 Å². The van der Waals surface area contributed by atoms with Crippen LogP contribution >= 0.6 is 0 Å². The standard InChI is InChI=1S/C22H22O7/c1-22(2,3)29-20(23)13-26-14-9-10-15-18(11-14)27-12-19(21(15)24)28-17-8-6-5-7-16(17)25-4/h5-12H,13H2,1-4H3. The molecule has 29 heavy (non-hydrogen) atoms. The van der Waals surface area contributed by atoms with Gasteiger partial charge in [0.05, 0.1) is 12.5 Å². The number of carbonyl (C=O) groups is 1. The summed E-state index contributed by atoms with van der Waals surface area (Å²) in [6.45, 7) is 5.09. The van der Waals surface area contributed by atoms with E-state index in [4.69, 9.17) is 23.4 Å². The van der Waals surface area contributed by atoms with E-state index in [0.717, 1.165) is 0 Å². The highest BCUT2D eigenvalue weighted by Crippen LogP contribution is 2.30. The molecule has 0 N–H and O–H groups in total. The van der Waals surface area contributed by atoms with Gasteiger partial charge in [0.15, 0.2) is 18.1 Å². The van der Waals surface area contributed by atoms with E-state index >= 15 is 0 Å². The summed E-state index contributed by atoms with van der Waals surface area (Å²) in [5.41, 5.74) is -0.617. The molecule has 0 atom stereocenters. The first kappa shape index (κ1) is 20.3. The molecule has 152 valence electrons. The van der Waals surface area contributed by atoms with Crippen molar-refractivity contribution in [3.63, 3.8) is 0 Å². The Bertz CT molecular complexity index is 1080. The maximum atomic E-state index is 12.7. The fraction of sp³-hybridized carbons (Fsp3) is 0.273. The van der Waals surface area contributed by atoms with E-state index in [1.54, 1.807) is 57.2 Å². The molecule has 0 aliphatic carbocycles. The first-order valence-electron chi connectivity index (χ1n) is 8.98. The lowest BCUT2D eigenvalue weighted by Crippen LogP contribution is -2.27. The van der Waals surface area contributed by atoms with Gasteiger partial charge in [-0.3, -0.25) is 4.79 Å². The lowest BCUT2D eigenvalue weighted by atomic mass is 10.2. The van der Waals surface area contributed by atoms with Gasteiger partial charge in [-0.1, -0.05) is 12.1 Å². The number of hydrogen-bond donors (Lipinski definition) is 0. The van der Waals surface area contributed by atoms with E-state index in [-0.39, 0.29) is 17.8 Å². The Labute approximate surface area is 167 Å². The molecular weight excluding hydrogens is 376 g/mol. The second-order valence-electron chi connectivity index (χ2n) is 7.22. The molecule has 3 aromatic rings. The van der Waals surface area contributed by atoms with Crippen LogP contribution in [0, 0.1) is 0 Å². The monoisotopic (exact) mass is 398 g/mol. The fourth-order valence-corrected chi connectivity index (χ4v) is 2.59. The Morgan fingerprint density at radius 3 is 2.45 bits per heavy atom. The number of para-hydroxylation sites is 2. The number of ether oxygens (including phenoxy) is 4. The molecule has 0 aliphatic heterocycles.